The van der Waals surface area contributed by atoms with Crippen LogP contribution in [0.5, 0.6) is 0 Å². The van der Waals surface area contributed by atoms with Crippen molar-refractivity contribution in [2.75, 3.05) is 34.3 Å². The standard InChI is InChI=1S/C14H24N3O10P/c1-17(2,3)6-7-25-28(23,24)27-13(21)11-9(19)10(20)12(26-11)16-5-4-8(18)15-14(16)22/h4-5,9-13,19-21H,6-7H2,1-3H3,(H-,15,18,22,23,24)/p+1/t9-,10+,11-,12+,13?/m0/s1. The number of aliphatic hydroxyl groups excluding tert-OH is 3. The molecule has 1 aliphatic heterocycles. The van der Waals surface area contributed by atoms with E-state index >= 15 is 0 Å². The van der Waals surface area contributed by atoms with Crippen LogP contribution in [0.25, 0.3) is 0 Å². The van der Waals surface area contributed by atoms with Gasteiger partial charge in [0.1, 0.15) is 31.5 Å². The van der Waals surface area contributed by atoms with Gasteiger partial charge in [0.15, 0.2) is 12.5 Å². The van der Waals surface area contributed by atoms with Crippen molar-refractivity contribution in [3.8, 4) is 0 Å². The fraction of sp³-hybridized carbons (Fsp3) is 0.714. The average Bonchev–Trinajstić information content (AvgIpc) is 2.81. The monoisotopic (exact) mass is 426 g/mol. The summed E-state index contributed by atoms with van der Waals surface area (Å²) >= 11 is 0. The van der Waals surface area contributed by atoms with Crippen LogP contribution in [0.4, 0.5) is 0 Å². The number of hydrogen-bond donors (Lipinski definition) is 5. The molecule has 0 amide bonds. The maximum absolute atomic E-state index is 11.9. The largest absolute Gasteiger partial charge is 0.474 e. The number of hydrogen-bond acceptors (Lipinski definition) is 9. The molecule has 13 nitrogen and oxygen atoms in total. The van der Waals surface area contributed by atoms with E-state index in [1.165, 1.54) is 0 Å². The molecule has 2 heterocycles. The second-order valence-electron chi connectivity index (χ2n) is 7.30. The molecule has 5 N–H and O–H groups in total. The predicted molar refractivity (Wildman–Crippen MR) is 93.0 cm³/mol. The van der Waals surface area contributed by atoms with Gasteiger partial charge in [-0.3, -0.25) is 23.4 Å². The van der Waals surface area contributed by atoms with E-state index in [2.05, 4.69) is 4.52 Å². The molecule has 0 aliphatic carbocycles. The van der Waals surface area contributed by atoms with Crippen molar-refractivity contribution >= 4 is 7.82 Å². The zero-order valence-corrected chi connectivity index (χ0v) is 16.4. The molecular formula is C14H25N3O10P+. The molecule has 0 aromatic carbocycles. The van der Waals surface area contributed by atoms with Crippen molar-refractivity contribution < 1.29 is 43.0 Å². The number of phosphoric acid groups is 1. The Bertz CT molecular complexity index is 834. The third-order valence-corrected chi connectivity index (χ3v) is 4.93. The van der Waals surface area contributed by atoms with Crippen LogP contribution >= 0.6 is 7.82 Å². The van der Waals surface area contributed by atoms with E-state index in [4.69, 9.17) is 9.26 Å². The Morgan fingerprint density at radius 3 is 2.54 bits per heavy atom. The summed E-state index contributed by atoms with van der Waals surface area (Å²) in [6.07, 6.45) is -7.70. The lowest BCUT2D eigenvalue weighted by atomic mass is 10.1. The summed E-state index contributed by atoms with van der Waals surface area (Å²) in [6.45, 7) is 0.235. The van der Waals surface area contributed by atoms with Gasteiger partial charge >= 0.3 is 13.5 Å². The summed E-state index contributed by atoms with van der Waals surface area (Å²) in [7, 11) is 0.823. The van der Waals surface area contributed by atoms with E-state index in [1.54, 1.807) is 0 Å². The Morgan fingerprint density at radius 1 is 1.32 bits per heavy atom. The molecule has 28 heavy (non-hydrogen) atoms. The first-order valence-corrected chi connectivity index (χ1v) is 9.78. The quantitative estimate of drug-likeness (QED) is 0.167. The first kappa shape index (κ1) is 22.9. The number of H-pyrrole nitrogens is 1. The minimum absolute atomic E-state index is 0.143. The highest BCUT2D eigenvalue weighted by Crippen LogP contribution is 2.46. The molecule has 0 spiro atoms. The van der Waals surface area contributed by atoms with Crippen LogP contribution in [-0.4, -0.2) is 93.1 Å². The first-order chi connectivity index (χ1) is 12.8. The molecule has 1 aromatic heterocycles. The topological polar surface area (TPSA) is 181 Å². The Kier molecular flexibility index (Phi) is 6.97. The smallest absolute Gasteiger partial charge is 0.387 e. The average molecular weight is 426 g/mol. The van der Waals surface area contributed by atoms with Gasteiger partial charge in [-0.25, -0.2) is 9.36 Å². The minimum atomic E-state index is -4.69. The fourth-order valence-electron chi connectivity index (χ4n) is 2.44. The number of likely N-dealkylation sites (N-methyl/N-ethyl adjacent to an activating group) is 1. The number of quaternary nitrogens is 1. The van der Waals surface area contributed by atoms with Crippen LogP contribution in [0.3, 0.4) is 0 Å². The fourth-order valence-corrected chi connectivity index (χ4v) is 3.20. The molecule has 6 atom stereocenters. The molecule has 1 fully saturated rings. The Hall–Kier alpha value is -1.41. The van der Waals surface area contributed by atoms with Gasteiger partial charge < -0.3 is 29.4 Å². The van der Waals surface area contributed by atoms with E-state index in [0.717, 1.165) is 16.8 Å². The van der Waals surface area contributed by atoms with Crippen LogP contribution in [0.2, 0.25) is 0 Å². The van der Waals surface area contributed by atoms with Crippen molar-refractivity contribution in [2.45, 2.75) is 30.8 Å². The lowest BCUT2D eigenvalue weighted by Crippen LogP contribution is -2.40. The van der Waals surface area contributed by atoms with Gasteiger partial charge in [-0.2, -0.15) is 0 Å². The van der Waals surface area contributed by atoms with Crippen LogP contribution in [0.1, 0.15) is 6.23 Å². The lowest BCUT2D eigenvalue weighted by Gasteiger charge is -2.25. The third-order valence-electron chi connectivity index (χ3n) is 3.94. The van der Waals surface area contributed by atoms with Gasteiger partial charge in [0.05, 0.1) is 21.1 Å². The molecule has 14 heteroatoms. The summed E-state index contributed by atoms with van der Waals surface area (Å²) < 4.78 is 27.8. The van der Waals surface area contributed by atoms with Gasteiger partial charge in [0.25, 0.3) is 5.56 Å². The third kappa shape index (κ3) is 5.80. The number of nitrogens with zero attached hydrogens (tertiary/aromatic N) is 2. The number of ether oxygens (including phenoxy) is 1. The highest BCUT2D eigenvalue weighted by molar-refractivity contribution is 7.47. The second-order valence-corrected chi connectivity index (χ2v) is 8.71. The molecule has 1 saturated heterocycles. The summed E-state index contributed by atoms with van der Waals surface area (Å²) in [5.41, 5.74) is -1.60. The van der Waals surface area contributed by atoms with Gasteiger partial charge in [0.2, 0.25) is 0 Å². The molecule has 0 radical (unpaired) electrons. The number of rotatable bonds is 8. The maximum atomic E-state index is 11.9. The number of phosphoric ester groups is 1. The van der Waals surface area contributed by atoms with Crippen molar-refractivity contribution in [1.82, 2.24) is 9.55 Å². The molecular weight excluding hydrogens is 401 g/mol. The van der Waals surface area contributed by atoms with Crippen LogP contribution in [0, 0.1) is 0 Å². The zero-order valence-electron chi connectivity index (χ0n) is 15.5. The van der Waals surface area contributed by atoms with Gasteiger partial charge in [-0.05, 0) is 0 Å². The molecule has 0 bridgehead atoms. The highest BCUT2D eigenvalue weighted by atomic mass is 31.2. The minimum Gasteiger partial charge on any atom is -0.387 e. The molecule has 2 rings (SSSR count). The Labute approximate surface area is 159 Å². The summed E-state index contributed by atoms with van der Waals surface area (Å²) in [5, 5.41) is 30.2. The predicted octanol–water partition coefficient (Wildman–Crippen LogP) is -2.69. The number of nitrogens with one attached hydrogen (secondary N) is 1. The molecule has 0 saturated carbocycles. The van der Waals surface area contributed by atoms with E-state index in [9.17, 15) is 34.4 Å². The van der Waals surface area contributed by atoms with E-state index < -0.39 is 49.9 Å². The van der Waals surface area contributed by atoms with Crippen molar-refractivity contribution in [3.05, 3.63) is 33.1 Å². The molecule has 2 unspecified atom stereocenters. The number of aromatic amines is 1. The maximum Gasteiger partial charge on any atom is 0.474 e. The summed E-state index contributed by atoms with van der Waals surface area (Å²) in [6, 6.07) is 0.994. The van der Waals surface area contributed by atoms with Crippen molar-refractivity contribution in [1.29, 1.82) is 0 Å². The molecule has 1 aliphatic rings. The van der Waals surface area contributed by atoms with E-state index in [0.29, 0.717) is 11.0 Å². The van der Waals surface area contributed by atoms with Crippen LogP contribution in [-0.2, 0) is 18.3 Å². The summed E-state index contributed by atoms with van der Waals surface area (Å²) in [5.74, 6) is 0. The highest BCUT2D eigenvalue weighted by Gasteiger charge is 2.49. The van der Waals surface area contributed by atoms with Gasteiger partial charge in [-0.15, -0.1) is 0 Å². The normalized spacial score (nSPS) is 28.8. The van der Waals surface area contributed by atoms with E-state index in [-0.39, 0.29) is 6.61 Å². The zero-order chi connectivity index (χ0) is 21.3. The Balaban J connectivity index is 2.05. The van der Waals surface area contributed by atoms with Gasteiger partial charge in [-0.1, -0.05) is 0 Å². The second kappa shape index (κ2) is 8.53. The number of aliphatic hydroxyl groups is 3. The van der Waals surface area contributed by atoms with Crippen molar-refractivity contribution in [2.24, 2.45) is 0 Å². The van der Waals surface area contributed by atoms with Crippen molar-refractivity contribution in [3.63, 3.8) is 0 Å². The first-order valence-electron chi connectivity index (χ1n) is 8.28. The lowest BCUT2D eigenvalue weighted by molar-refractivity contribution is -0.870. The Morgan fingerprint density at radius 2 is 1.96 bits per heavy atom. The van der Waals surface area contributed by atoms with Crippen LogP contribution < -0.4 is 11.2 Å². The summed E-state index contributed by atoms with van der Waals surface area (Å²) in [4.78, 5) is 34.6. The van der Waals surface area contributed by atoms with Crippen LogP contribution in [0.15, 0.2) is 21.9 Å². The van der Waals surface area contributed by atoms with Gasteiger partial charge in [0, 0.05) is 12.3 Å². The molecule has 1 aromatic rings. The van der Waals surface area contributed by atoms with E-state index in [1.807, 2.05) is 26.1 Å². The SMILES string of the molecule is C[N+](C)(C)CCOP(=O)(O)OC(O)[C@H]1O[C@@H](n2ccc(=O)[nH]c2=O)[C@H](O)[C@@H]1O. The molecule has 160 valence electrons. The number of aromatic nitrogens is 2.